The van der Waals surface area contributed by atoms with Crippen LogP contribution in [0.4, 0.5) is 17.6 Å². The number of nitrogens with zero attached hydrogens (tertiary/aromatic N) is 2. The Morgan fingerprint density at radius 2 is 1.89 bits per heavy atom. The lowest BCUT2D eigenvalue weighted by Crippen LogP contribution is -2.21. The summed E-state index contributed by atoms with van der Waals surface area (Å²) in [5, 5.41) is 6.59. The molecule has 0 bridgehead atoms. The van der Waals surface area contributed by atoms with Crippen LogP contribution in [0.5, 0.6) is 0 Å². The summed E-state index contributed by atoms with van der Waals surface area (Å²) in [5.74, 6) is -1.64. The molecule has 0 heterocycles. The Labute approximate surface area is 100.0 Å². The minimum Gasteiger partial charge on any atom is -0.369 e. The van der Waals surface area contributed by atoms with E-state index in [0.29, 0.717) is 6.07 Å². The predicted octanol–water partition coefficient (Wildman–Crippen LogP) is 1.76. The van der Waals surface area contributed by atoms with Crippen molar-refractivity contribution in [3.8, 4) is 0 Å². The second-order valence-corrected chi connectivity index (χ2v) is 3.47. The molecular weight excluding hydrogens is 252 g/mol. The van der Waals surface area contributed by atoms with E-state index < -0.39 is 17.6 Å². The molecule has 4 nitrogen and oxygen atoms in total. The number of nitrogens with two attached hydrogens (primary N) is 2. The van der Waals surface area contributed by atoms with Crippen molar-refractivity contribution in [1.82, 2.24) is 0 Å². The molecule has 0 aliphatic heterocycles. The average Bonchev–Trinajstić information content (AvgIpc) is 2.20. The number of hydrogen-bond donors (Lipinski definition) is 2. The molecule has 18 heavy (non-hydrogen) atoms. The summed E-state index contributed by atoms with van der Waals surface area (Å²) >= 11 is 0. The third-order valence-corrected chi connectivity index (χ3v) is 1.96. The van der Waals surface area contributed by atoms with Gasteiger partial charge in [-0.15, -0.1) is 5.10 Å². The van der Waals surface area contributed by atoms with Crippen LogP contribution in [0, 0.1) is 12.7 Å². The maximum absolute atomic E-state index is 13.3. The highest BCUT2D eigenvalue weighted by atomic mass is 19.4. The Morgan fingerprint density at radius 3 is 2.39 bits per heavy atom. The molecule has 98 valence electrons. The van der Waals surface area contributed by atoms with Crippen LogP contribution in [0.15, 0.2) is 22.3 Å². The standard InChI is InChI=1S/C10H10F4N4/c1-5-2-6(4-17-18-9(15)16)3-7(8(5)11)10(12,13)14/h2-4H,1H3,(H4,15,16,18). The van der Waals surface area contributed by atoms with Crippen molar-refractivity contribution in [2.24, 2.45) is 21.7 Å². The van der Waals surface area contributed by atoms with E-state index in [0.717, 1.165) is 6.21 Å². The topological polar surface area (TPSA) is 76.8 Å². The molecule has 0 aliphatic carbocycles. The predicted molar refractivity (Wildman–Crippen MR) is 59.5 cm³/mol. The van der Waals surface area contributed by atoms with E-state index in [1.807, 2.05) is 0 Å². The Kier molecular flexibility index (Phi) is 3.89. The van der Waals surface area contributed by atoms with E-state index in [1.54, 1.807) is 0 Å². The number of rotatable bonds is 2. The van der Waals surface area contributed by atoms with Crippen LogP contribution in [-0.2, 0) is 6.18 Å². The van der Waals surface area contributed by atoms with Crippen molar-refractivity contribution in [2.45, 2.75) is 13.1 Å². The van der Waals surface area contributed by atoms with Gasteiger partial charge in [-0.1, -0.05) is 0 Å². The van der Waals surface area contributed by atoms with Crippen molar-refractivity contribution in [2.75, 3.05) is 0 Å². The summed E-state index contributed by atoms with van der Waals surface area (Å²) in [6, 6.07) is 1.84. The van der Waals surface area contributed by atoms with Gasteiger partial charge in [0.25, 0.3) is 0 Å². The van der Waals surface area contributed by atoms with Crippen LogP contribution >= 0.6 is 0 Å². The lowest BCUT2D eigenvalue weighted by Gasteiger charge is -2.10. The number of aryl methyl sites for hydroxylation is 1. The molecule has 0 amide bonds. The van der Waals surface area contributed by atoms with Crippen LogP contribution in [0.2, 0.25) is 0 Å². The zero-order valence-electron chi connectivity index (χ0n) is 9.29. The molecular formula is C10H10F4N4. The van der Waals surface area contributed by atoms with Crippen LogP contribution in [-0.4, -0.2) is 12.2 Å². The van der Waals surface area contributed by atoms with Gasteiger partial charge in [-0.25, -0.2) is 4.39 Å². The van der Waals surface area contributed by atoms with Crippen molar-refractivity contribution in [3.05, 3.63) is 34.6 Å². The zero-order valence-corrected chi connectivity index (χ0v) is 9.29. The highest BCUT2D eigenvalue weighted by molar-refractivity contribution is 5.82. The van der Waals surface area contributed by atoms with Crippen LogP contribution in [0.25, 0.3) is 0 Å². The first-order chi connectivity index (χ1) is 8.21. The monoisotopic (exact) mass is 262 g/mol. The summed E-state index contributed by atoms with van der Waals surface area (Å²) in [6.07, 6.45) is -3.77. The van der Waals surface area contributed by atoms with Gasteiger partial charge in [0, 0.05) is 0 Å². The lowest BCUT2D eigenvalue weighted by molar-refractivity contribution is -0.140. The molecule has 0 saturated carbocycles. The second kappa shape index (κ2) is 5.03. The molecule has 0 saturated heterocycles. The second-order valence-electron chi connectivity index (χ2n) is 3.47. The SMILES string of the molecule is Cc1cc(C=NN=C(N)N)cc(C(F)(F)F)c1F. The van der Waals surface area contributed by atoms with Gasteiger partial charge in [0.2, 0.25) is 5.96 Å². The maximum Gasteiger partial charge on any atom is 0.419 e. The normalized spacial score (nSPS) is 11.8. The van der Waals surface area contributed by atoms with Crippen molar-refractivity contribution in [3.63, 3.8) is 0 Å². The summed E-state index contributed by atoms with van der Waals surface area (Å²) in [6.45, 7) is 1.22. The zero-order chi connectivity index (χ0) is 13.9. The first kappa shape index (κ1) is 13.9. The van der Waals surface area contributed by atoms with Crippen LogP contribution < -0.4 is 11.5 Å². The Hall–Kier alpha value is -2.12. The molecule has 1 aromatic carbocycles. The molecule has 0 aliphatic rings. The fourth-order valence-corrected chi connectivity index (χ4v) is 1.24. The van der Waals surface area contributed by atoms with Crippen molar-refractivity contribution >= 4 is 12.2 Å². The molecule has 0 fully saturated rings. The van der Waals surface area contributed by atoms with Gasteiger partial charge in [-0.05, 0) is 30.2 Å². The maximum atomic E-state index is 13.3. The highest BCUT2D eigenvalue weighted by Gasteiger charge is 2.34. The van der Waals surface area contributed by atoms with E-state index in [4.69, 9.17) is 11.5 Å². The molecule has 1 rings (SSSR count). The number of halogens is 4. The molecule has 1 aromatic rings. The number of hydrogen-bond acceptors (Lipinski definition) is 2. The number of alkyl halides is 3. The Bertz CT molecular complexity index is 501. The fourth-order valence-electron chi connectivity index (χ4n) is 1.24. The van der Waals surface area contributed by atoms with Gasteiger partial charge in [-0.2, -0.15) is 18.3 Å². The van der Waals surface area contributed by atoms with Crippen molar-refractivity contribution in [1.29, 1.82) is 0 Å². The van der Waals surface area contributed by atoms with Crippen molar-refractivity contribution < 1.29 is 17.6 Å². The Balaban J connectivity index is 3.21. The van der Waals surface area contributed by atoms with Crippen LogP contribution in [0.3, 0.4) is 0 Å². The molecule has 0 radical (unpaired) electrons. The van der Waals surface area contributed by atoms with Gasteiger partial charge in [0.1, 0.15) is 5.82 Å². The van der Waals surface area contributed by atoms with Gasteiger partial charge < -0.3 is 11.5 Å². The van der Waals surface area contributed by atoms with E-state index in [9.17, 15) is 17.6 Å². The minimum atomic E-state index is -4.77. The molecule has 0 aromatic heterocycles. The smallest absolute Gasteiger partial charge is 0.369 e. The largest absolute Gasteiger partial charge is 0.419 e. The van der Waals surface area contributed by atoms with E-state index in [2.05, 4.69) is 10.2 Å². The molecule has 0 spiro atoms. The van der Waals surface area contributed by atoms with Gasteiger partial charge in [-0.3, -0.25) is 0 Å². The first-order valence-corrected chi connectivity index (χ1v) is 4.71. The number of benzene rings is 1. The van der Waals surface area contributed by atoms with E-state index >= 15 is 0 Å². The summed E-state index contributed by atoms with van der Waals surface area (Å²) in [7, 11) is 0. The average molecular weight is 262 g/mol. The van der Waals surface area contributed by atoms with Gasteiger partial charge in [0.15, 0.2) is 0 Å². The minimum absolute atomic E-state index is 0.0474. The molecule has 8 heteroatoms. The Morgan fingerprint density at radius 1 is 1.28 bits per heavy atom. The summed E-state index contributed by atoms with van der Waals surface area (Å²) < 4.78 is 50.8. The highest BCUT2D eigenvalue weighted by Crippen LogP contribution is 2.33. The van der Waals surface area contributed by atoms with Gasteiger partial charge >= 0.3 is 6.18 Å². The van der Waals surface area contributed by atoms with E-state index in [1.165, 1.54) is 13.0 Å². The molecule has 0 atom stereocenters. The summed E-state index contributed by atoms with van der Waals surface area (Å²) in [4.78, 5) is 0. The number of guanidine groups is 1. The summed E-state index contributed by atoms with van der Waals surface area (Å²) in [5.41, 5.74) is 8.52. The van der Waals surface area contributed by atoms with Gasteiger partial charge in [0.05, 0.1) is 11.8 Å². The molecule has 4 N–H and O–H groups in total. The fraction of sp³-hybridized carbons (Fsp3) is 0.200. The molecule has 0 unspecified atom stereocenters. The third kappa shape index (κ3) is 3.44. The van der Waals surface area contributed by atoms with E-state index in [-0.39, 0.29) is 17.1 Å². The quantitative estimate of drug-likeness (QED) is 0.369. The first-order valence-electron chi connectivity index (χ1n) is 4.71. The third-order valence-electron chi connectivity index (χ3n) is 1.96. The van der Waals surface area contributed by atoms with Crippen LogP contribution in [0.1, 0.15) is 16.7 Å². The lowest BCUT2D eigenvalue weighted by atomic mass is 10.1.